The van der Waals surface area contributed by atoms with E-state index < -0.39 is 4.92 Å². The minimum atomic E-state index is -0.613. The molecule has 0 aliphatic rings. The van der Waals surface area contributed by atoms with Crippen molar-refractivity contribution in [2.45, 2.75) is 6.42 Å². The number of benzene rings is 2. The number of carbonyl (C=O) groups excluding carboxylic acids is 1. The van der Waals surface area contributed by atoms with Crippen molar-refractivity contribution >= 4 is 34.1 Å². The Bertz CT molecular complexity index is 984. The van der Waals surface area contributed by atoms with Gasteiger partial charge in [0, 0.05) is 35.3 Å². The molecule has 0 unspecified atom stereocenters. The normalized spacial score (nSPS) is 10.7. The highest BCUT2D eigenvalue weighted by molar-refractivity contribution is 6.32. The lowest BCUT2D eigenvalue weighted by atomic mass is 10.1. The maximum atomic E-state index is 12.2. The van der Waals surface area contributed by atoms with E-state index in [1.807, 2.05) is 24.4 Å². The van der Waals surface area contributed by atoms with Crippen LogP contribution in [-0.2, 0) is 6.42 Å². The Morgan fingerprint density at radius 3 is 2.85 bits per heavy atom. The van der Waals surface area contributed by atoms with Gasteiger partial charge in [-0.05, 0) is 42.3 Å². The molecule has 1 heterocycles. The number of aromatic nitrogens is 1. The van der Waals surface area contributed by atoms with Gasteiger partial charge in [0.25, 0.3) is 11.6 Å². The van der Waals surface area contributed by atoms with Gasteiger partial charge in [0.15, 0.2) is 0 Å². The smallest absolute Gasteiger partial charge is 0.288 e. The number of nitro groups is 1. The predicted molar refractivity (Wildman–Crippen MR) is 99.0 cm³/mol. The first-order valence-corrected chi connectivity index (χ1v) is 8.23. The van der Waals surface area contributed by atoms with Crippen molar-refractivity contribution in [1.82, 2.24) is 10.3 Å². The Labute approximate surface area is 154 Å². The summed E-state index contributed by atoms with van der Waals surface area (Å²) in [6.45, 7) is 0.388. The first-order chi connectivity index (χ1) is 12.5. The molecular formula is C18H16ClN3O4. The molecule has 26 heavy (non-hydrogen) atoms. The Morgan fingerprint density at radius 2 is 2.12 bits per heavy atom. The van der Waals surface area contributed by atoms with Crippen molar-refractivity contribution < 1.29 is 14.5 Å². The van der Waals surface area contributed by atoms with Crippen molar-refractivity contribution in [3.05, 3.63) is 68.9 Å². The van der Waals surface area contributed by atoms with Crippen LogP contribution in [0.4, 0.5) is 5.69 Å². The van der Waals surface area contributed by atoms with E-state index in [4.69, 9.17) is 16.3 Å². The van der Waals surface area contributed by atoms with E-state index in [2.05, 4.69) is 10.3 Å². The molecule has 0 saturated heterocycles. The number of aromatic amines is 1. The van der Waals surface area contributed by atoms with Gasteiger partial charge in [0.2, 0.25) is 0 Å². The molecule has 2 aromatic carbocycles. The van der Waals surface area contributed by atoms with Crippen LogP contribution in [0.1, 0.15) is 15.9 Å². The SMILES string of the molecule is COc1ccc2[nH]cc(CCNC(=O)c3ccc(Cl)c([N+](=O)[O-])c3)c2c1. The molecule has 0 bridgehead atoms. The molecule has 0 saturated carbocycles. The average molecular weight is 374 g/mol. The van der Waals surface area contributed by atoms with E-state index in [9.17, 15) is 14.9 Å². The third kappa shape index (κ3) is 3.62. The Hall–Kier alpha value is -3.06. The molecule has 0 atom stereocenters. The number of halogens is 1. The summed E-state index contributed by atoms with van der Waals surface area (Å²) in [4.78, 5) is 25.7. The van der Waals surface area contributed by atoms with Crippen LogP contribution in [0.2, 0.25) is 5.02 Å². The summed E-state index contributed by atoms with van der Waals surface area (Å²) >= 11 is 5.76. The number of H-pyrrole nitrogens is 1. The fraction of sp³-hybridized carbons (Fsp3) is 0.167. The Balaban J connectivity index is 1.67. The highest BCUT2D eigenvalue weighted by atomic mass is 35.5. The van der Waals surface area contributed by atoms with Gasteiger partial charge in [-0.2, -0.15) is 0 Å². The Kier molecular flexibility index (Phi) is 5.09. The van der Waals surface area contributed by atoms with Crippen LogP contribution < -0.4 is 10.1 Å². The van der Waals surface area contributed by atoms with Crippen LogP contribution in [0.15, 0.2) is 42.6 Å². The molecule has 8 heteroatoms. The van der Waals surface area contributed by atoms with Gasteiger partial charge < -0.3 is 15.0 Å². The van der Waals surface area contributed by atoms with Gasteiger partial charge in [-0.1, -0.05) is 11.6 Å². The van der Waals surface area contributed by atoms with E-state index in [0.29, 0.717) is 13.0 Å². The number of ether oxygens (including phenoxy) is 1. The van der Waals surface area contributed by atoms with Crippen molar-refractivity contribution in [1.29, 1.82) is 0 Å². The van der Waals surface area contributed by atoms with Crippen LogP contribution in [0, 0.1) is 10.1 Å². The molecular weight excluding hydrogens is 358 g/mol. The number of carbonyl (C=O) groups is 1. The molecule has 0 spiro atoms. The zero-order valence-corrected chi connectivity index (χ0v) is 14.7. The summed E-state index contributed by atoms with van der Waals surface area (Å²) in [7, 11) is 1.61. The summed E-state index contributed by atoms with van der Waals surface area (Å²) in [5.74, 6) is 0.373. The first-order valence-electron chi connectivity index (χ1n) is 7.85. The van der Waals surface area contributed by atoms with Crippen LogP contribution in [-0.4, -0.2) is 29.5 Å². The van der Waals surface area contributed by atoms with E-state index in [1.165, 1.54) is 18.2 Å². The average Bonchev–Trinajstić information content (AvgIpc) is 3.04. The number of amides is 1. The van der Waals surface area contributed by atoms with Gasteiger partial charge in [-0.15, -0.1) is 0 Å². The van der Waals surface area contributed by atoms with Gasteiger partial charge >= 0.3 is 0 Å². The van der Waals surface area contributed by atoms with E-state index >= 15 is 0 Å². The fourth-order valence-electron chi connectivity index (χ4n) is 2.70. The second-order valence-corrected chi connectivity index (χ2v) is 6.06. The van der Waals surface area contributed by atoms with Gasteiger partial charge in [0.05, 0.1) is 12.0 Å². The highest BCUT2D eigenvalue weighted by Gasteiger charge is 2.16. The molecule has 3 rings (SSSR count). The van der Waals surface area contributed by atoms with E-state index in [1.54, 1.807) is 7.11 Å². The summed E-state index contributed by atoms with van der Waals surface area (Å²) in [5, 5.41) is 14.7. The summed E-state index contributed by atoms with van der Waals surface area (Å²) < 4.78 is 5.24. The lowest BCUT2D eigenvalue weighted by Crippen LogP contribution is -2.25. The standard InChI is InChI=1S/C18H16ClN3O4/c1-26-13-3-5-16-14(9-13)12(10-21-16)6-7-20-18(23)11-2-4-15(19)17(8-11)22(24)25/h2-5,8-10,21H,6-7H2,1H3,(H,20,23). The molecule has 1 aromatic heterocycles. The summed E-state index contributed by atoms with van der Waals surface area (Å²) in [6.07, 6.45) is 2.50. The zero-order chi connectivity index (χ0) is 18.7. The molecule has 7 nitrogen and oxygen atoms in total. The van der Waals surface area contributed by atoms with Gasteiger partial charge in [-0.3, -0.25) is 14.9 Å². The number of hydrogen-bond acceptors (Lipinski definition) is 4. The number of nitro benzene ring substituents is 1. The number of methoxy groups -OCH3 is 1. The van der Waals surface area contributed by atoms with Crippen molar-refractivity contribution in [3.8, 4) is 5.75 Å². The lowest BCUT2D eigenvalue weighted by molar-refractivity contribution is -0.384. The van der Waals surface area contributed by atoms with Crippen LogP contribution >= 0.6 is 11.6 Å². The fourth-order valence-corrected chi connectivity index (χ4v) is 2.88. The number of nitrogens with zero attached hydrogens (tertiary/aromatic N) is 1. The van der Waals surface area contributed by atoms with Crippen LogP contribution in [0.3, 0.4) is 0 Å². The molecule has 0 aliphatic carbocycles. The number of rotatable bonds is 6. The number of fused-ring (bicyclic) bond motifs is 1. The molecule has 134 valence electrons. The Morgan fingerprint density at radius 1 is 1.31 bits per heavy atom. The third-order valence-electron chi connectivity index (χ3n) is 4.06. The lowest BCUT2D eigenvalue weighted by Gasteiger charge is -2.06. The number of hydrogen-bond donors (Lipinski definition) is 2. The van der Waals surface area contributed by atoms with E-state index in [-0.39, 0.29) is 22.2 Å². The number of nitrogens with one attached hydrogen (secondary N) is 2. The maximum absolute atomic E-state index is 12.2. The second-order valence-electron chi connectivity index (χ2n) is 5.65. The van der Waals surface area contributed by atoms with Crippen molar-refractivity contribution in [2.24, 2.45) is 0 Å². The largest absolute Gasteiger partial charge is 0.497 e. The molecule has 3 aromatic rings. The second kappa shape index (κ2) is 7.45. The molecule has 0 radical (unpaired) electrons. The van der Waals surface area contributed by atoms with Gasteiger partial charge in [0.1, 0.15) is 10.8 Å². The topological polar surface area (TPSA) is 97.3 Å². The summed E-state index contributed by atoms with van der Waals surface area (Å²) in [6, 6.07) is 9.72. The molecule has 2 N–H and O–H groups in total. The molecule has 0 aliphatic heterocycles. The van der Waals surface area contributed by atoms with Gasteiger partial charge in [-0.25, -0.2) is 0 Å². The van der Waals surface area contributed by atoms with E-state index in [0.717, 1.165) is 22.2 Å². The third-order valence-corrected chi connectivity index (χ3v) is 4.38. The monoisotopic (exact) mass is 373 g/mol. The molecule has 0 fully saturated rings. The predicted octanol–water partition coefficient (Wildman–Crippen LogP) is 3.71. The van der Waals surface area contributed by atoms with Crippen molar-refractivity contribution in [3.63, 3.8) is 0 Å². The zero-order valence-electron chi connectivity index (χ0n) is 13.9. The quantitative estimate of drug-likeness (QED) is 0.508. The molecule has 1 amide bonds. The van der Waals surface area contributed by atoms with Crippen LogP contribution in [0.5, 0.6) is 5.75 Å². The summed E-state index contributed by atoms with van der Waals surface area (Å²) in [5.41, 5.74) is 1.94. The minimum absolute atomic E-state index is 0.000658. The van der Waals surface area contributed by atoms with Crippen LogP contribution in [0.25, 0.3) is 10.9 Å². The minimum Gasteiger partial charge on any atom is -0.497 e. The first kappa shape index (κ1) is 17.8. The van der Waals surface area contributed by atoms with Crippen molar-refractivity contribution in [2.75, 3.05) is 13.7 Å². The maximum Gasteiger partial charge on any atom is 0.288 e. The highest BCUT2D eigenvalue weighted by Crippen LogP contribution is 2.25.